The van der Waals surface area contributed by atoms with Gasteiger partial charge in [-0.25, -0.2) is 0 Å². The minimum Gasteiger partial charge on any atom is -0.389 e. The number of nitrogens with two attached hydrogens (primary N) is 1. The average Bonchev–Trinajstić information content (AvgIpc) is 2.28. The third-order valence-electron chi connectivity index (χ3n) is 2.82. The topological polar surface area (TPSA) is 46.2 Å². The van der Waals surface area contributed by atoms with Crippen LogP contribution in [0.1, 0.15) is 31.7 Å². The molecule has 3 N–H and O–H groups in total. The summed E-state index contributed by atoms with van der Waals surface area (Å²) in [4.78, 5) is 0. The van der Waals surface area contributed by atoms with Crippen molar-refractivity contribution in [1.82, 2.24) is 0 Å². The number of benzene rings is 1. The summed E-state index contributed by atoms with van der Waals surface area (Å²) in [6.45, 7) is 2.43. The molecule has 0 spiro atoms. The molecule has 0 aliphatic carbocycles. The monoisotopic (exact) mass is 207 g/mol. The van der Waals surface area contributed by atoms with Gasteiger partial charge in [-0.3, -0.25) is 0 Å². The molecular formula is C13H21NO. The summed E-state index contributed by atoms with van der Waals surface area (Å²) in [6, 6.07) is 10.2. The Balaban J connectivity index is 2.47. The molecule has 15 heavy (non-hydrogen) atoms. The van der Waals surface area contributed by atoms with Crippen molar-refractivity contribution in [3.05, 3.63) is 35.9 Å². The van der Waals surface area contributed by atoms with E-state index in [1.54, 1.807) is 0 Å². The number of hydrogen-bond acceptors (Lipinski definition) is 2. The van der Waals surface area contributed by atoms with Gasteiger partial charge in [-0.2, -0.15) is 0 Å². The zero-order valence-electron chi connectivity index (χ0n) is 9.45. The van der Waals surface area contributed by atoms with Crippen LogP contribution < -0.4 is 5.73 Å². The summed E-state index contributed by atoms with van der Waals surface area (Å²) in [5, 5.41) is 10.2. The molecule has 0 heterocycles. The molecule has 0 aromatic heterocycles. The molecule has 2 heteroatoms. The van der Waals surface area contributed by atoms with Gasteiger partial charge in [-0.15, -0.1) is 0 Å². The number of aliphatic hydroxyl groups is 1. The van der Waals surface area contributed by atoms with Crippen molar-refractivity contribution in [2.24, 2.45) is 5.73 Å². The zero-order valence-corrected chi connectivity index (χ0v) is 9.45. The van der Waals surface area contributed by atoms with E-state index in [1.807, 2.05) is 18.2 Å². The minimum atomic E-state index is -0.676. The lowest BCUT2D eigenvalue weighted by Crippen LogP contribution is -2.38. The molecule has 0 bridgehead atoms. The SMILES string of the molecule is CCCC(O)(CN)CCc1ccccc1. The largest absolute Gasteiger partial charge is 0.389 e. The number of rotatable bonds is 6. The van der Waals surface area contributed by atoms with Crippen LogP contribution in [-0.2, 0) is 6.42 Å². The van der Waals surface area contributed by atoms with Crippen molar-refractivity contribution in [1.29, 1.82) is 0 Å². The summed E-state index contributed by atoms with van der Waals surface area (Å²) in [5.41, 5.74) is 6.20. The predicted octanol–water partition coefficient (Wildman–Crippen LogP) is 2.11. The van der Waals surface area contributed by atoms with Crippen LogP contribution >= 0.6 is 0 Å². The van der Waals surface area contributed by atoms with Gasteiger partial charge in [-0.1, -0.05) is 43.7 Å². The van der Waals surface area contributed by atoms with Gasteiger partial charge in [0.05, 0.1) is 5.60 Å². The third kappa shape index (κ3) is 4.02. The fourth-order valence-electron chi connectivity index (χ4n) is 1.82. The summed E-state index contributed by atoms with van der Waals surface area (Å²) < 4.78 is 0. The first-order valence-electron chi connectivity index (χ1n) is 5.66. The van der Waals surface area contributed by atoms with Gasteiger partial charge in [-0.05, 0) is 24.8 Å². The van der Waals surface area contributed by atoms with Crippen molar-refractivity contribution in [3.63, 3.8) is 0 Å². The Labute approximate surface area is 92.1 Å². The van der Waals surface area contributed by atoms with Crippen molar-refractivity contribution in [2.75, 3.05) is 6.54 Å². The Morgan fingerprint density at radius 3 is 2.40 bits per heavy atom. The Hall–Kier alpha value is -0.860. The van der Waals surface area contributed by atoms with E-state index in [9.17, 15) is 5.11 Å². The van der Waals surface area contributed by atoms with E-state index < -0.39 is 5.60 Å². The molecule has 1 aromatic carbocycles. The Kier molecular flexibility index (Phi) is 4.79. The van der Waals surface area contributed by atoms with E-state index in [0.717, 1.165) is 25.7 Å². The van der Waals surface area contributed by atoms with Crippen molar-refractivity contribution < 1.29 is 5.11 Å². The Bertz CT molecular complexity index is 273. The fraction of sp³-hybridized carbons (Fsp3) is 0.538. The van der Waals surface area contributed by atoms with Crippen LogP contribution in [0.4, 0.5) is 0 Å². The van der Waals surface area contributed by atoms with E-state index in [4.69, 9.17) is 5.73 Å². The average molecular weight is 207 g/mol. The van der Waals surface area contributed by atoms with Crippen LogP contribution in [0.3, 0.4) is 0 Å². The highest BCUT2D eigenvalue weighted by molar-refractivity contribution is 5.15. The molecule has 1 aromatic rings. The van der Waals surface area contributed by atoms with Crippen molar-refractivity contribution >= 4 is 0 Å². The van der Waals surface area contributed by atoms with Crippen molar-refractivity contribution in [3.8, 4) is 0 Å². The fourth-order valence-corrected chi connectivity index (χ4v) is 1.82. The van der Waals surface area contributed by atoms with E-state index in [2.05, 4.69) is 19.1 Å². The molecule has 0 aliphatic heterocycles. The van der Waals surface area contributed by atoms with Gasteiger partial charge < -0.3 is 10.8 Å². The minimum absolute atomic E-state index is 0.355. The summed E-state index contributed by atoms with van der Waals surface area (Å²) >= 11 is 0. The second-order valence-corrected chi connectivity index (χ2v) is 4.16. The number of aryl methyl sites for hydroxylation is 1. The maximum absolute atomic E-state index is 10.2. The van der Waals surface area contributed by atoms with Crippen LogP contribution in [0, 0.1) is 0 Å². The first-order chi connectivity index (χ1) is 7.20. The van der Waals surface area contributed by atoms with Gasteiger partial charge in [0.1, 0.15) is 0 Å². The van der Waals surface area contributed by atoms with Gasteiger partial charge in [0, 0.05) is 6.54 Å². The molecular weight excluding hydrogens is 186 g/mol. The Morgan fingerprint density at radius 2 is 1.87 bits per heavy atom. The van der Waals surface area contributed by atoms with Gasteiger partial charge in [0.25, 0.3) is 0 Å². The summed E-state index contributed by atoms with van der Waals surface area (Å²) in [6.07, 6.45) is 3.41. The maximum Gasteiger partial charge on any atom is 0.0772 e. The molecule has 0 saturated carbocycles. The molecule has 1 rings (SSSR count). The lowest BCUT2D eigenvalue weighted by atomic mass is 9.91. The highest BCUT2D eigenvalue weighted by Crippen LogP contribution is 2.18. The van der Waals surface area contributed by atoms with Crippen LogP contribution in [0.25, 0.3) is 0 Å². The highest BCUT2D eigenvalue weighted by Gasteiger charge is 2.23. The predicted molar refractivity (Wildman–Crippen MR) is 63.7 cm³/mol. The van der Waals surface area contributed by atoms with Crippen LogP contribution in [0.5, 0.6) is 0 Å². The summed E-state index contributed by atoms with van der Waals surface area (Å²) in [5.74, 6) is 0. The smallest absolute Gasteiger partial charge is 0.0772 e. The molecule has 0 aliphatic rings. The maximum atomic E-state index is 10.2. The molecule has 0 saturated heterocycles. The lowest BCUT2D eigenvalue weighted by molar-refractivity contribution is 0.0312. The first-order valence-corrected chi connectivity index (χ1v) is 5.66. The number of hydrogen-bond donors (Lipinski definition) is 2. The first kappa shape index (κ1) is 12.2. The molecule has 2 nitrogen and oxygen atoms in total. The van der Waals surface area contributed by atoms with Crippen molar-refractivity contribution in [2.45, 2.75) is 38.2 Å². The molecule has 1 unspecified atom stereocenters. The second kappa shape index (κ2) is 5.89. The van der Waals surface area contributed by atoms with Crippen LogP contribution in [0.15, 0.2) is 30.3 Å². The van der Waals surface area contributed by atoms with E-state index in [-0.39, 0.29) is 0 Å². The molecule has 0 radical (unpaired) electrons. The summed E-state index contributed by atoms with van der Waals surface area (Å²) in [7, 11) is 0. The van der Waals surface area contributed by atoms with Gasteiger partial charge >= 0.3 is 0 Å². The normalized spacial score (nSPS) is 14.9. The Morgan fingerprint density at radius 1 is 1.20 bits per heavy atom. The van der Waals surface area contributed by atoms with E-state index in [0.29, 0.717) is 6.54 Å². The van der Waals surface area contributed by atoms with Gasteiger partial charge in [0.15, 0.2) is 0 Å². The molecule has 1 atom stereocenters. The van der Waals surface area contributed by atoms with Crippen LogP contribution in [0.2, 0.25) is 0 Å². The molecule has 0 fully saturated rings. The lowest BCUT2D eigenvalue weighted by Gasteiger charge is -2.26. The second-order valence-electron chi connectivity index (χ2n) is 4.16. The van der Waals surface area contributed by atoms with Crippen LogP contribution in [-0.4, -0.2) is 17.3 Å². The zero-order chi connectivity index (χ0) is 11.1. The van der Waals surface area contributed by atoms with E-state index in [1.165, 1.54) is 5.56 Å². The third-order valence-corrected chi connectivity index (χ3v) is 2.82. The van der Waals surface area contributed by atoms with Gasteiger partial charge in [0.2, 0.25) is 0 Å². The molecule has 84 valence electrons. The highest BCUT2D eigenvalue weighted by atomic mass is 16.3. The molecule has 0 amide bonds. The van der Waals surface area contributed by atoms with E-state index >= 15 is 0 Å². The quantitative estimate of drug-likeness (QED) is 0.750. The standard InChI is InChI=1S/C13H21NO/c1-2-9-13(15,11-14)10-8-12-6-4-3-5-7-12/h3-7,15H,2,8-11,14H2,1H3.